The second-order valence-electron chi connectivity index (χ2n) is 4.70. The zero-order valence-electron chi connectivity index (χ0n) is 10.6. The molecule has 0 bridgehead atoms. The van der Waals surface area contributed by atoms with Crippen molar-refractivity contribution in [2.24, 2.45) is 11.7 Å². The van der Waals surface area contributed by atoms with Crippen molar-refractivity contribution in [3.05, 3.63) is 0 Å². The SMILES string of the molecule is CCCCCN(C)C(=O)C(N)CC(C)C. The summed E-state index contributed by atoms with van der Waals surface area (Å²) >= 11 is 0. The van der Waals surface area contributed by atoms with E-state index in [-0.39, 0.29) is 11.9 Å². The van der Waals surface area contributed by atoms with E-state index in [2.05, 4.69) is 20.8 Å². The third kappa shape index (κ3) is 6.50. The number of hydrogen-bond donors (Lipinski definition) is 1. The van der Waals surface area contributed by atoms with Crippen molar-refractivity contribution in [3.63, 3.8) is 0 Å². The quantitative estimate of drug-likeness (QED) is 0.659. The minimum Gasteiger partial charge on any atom is -0.344 e. The molecule has 3 nitrogen and oxygen atoms in total. The Morgan fingerprint density at radius 2 is 1.93 bits per heavy atom. The lowest BCUT2D eigenvalue weighted by molar-refractivity contribution is -0.131. The molecular formula is C12H26N2O. The van der Waals surface area contributed by atoms with Gasteiger partial charge in [-0.05, 0) is 18.8 Å². The van der Waals surface area contributed by atoms with Gasteiger partial charge in [0, 0.05) is 13.6 Å². The van der Waals surface area contributed by atoms with Crippen LogP contribution >= 0.6 is 0 Å². The summed E-state index contributed by atoms with van der Waals surface area (Å²) in [4.78, 5) is 13.5. The molecule has 0 aromatic carbocycles. The molecule has 0 aliphatic rings. The lowest BCUT2D eigenvalue weighted by atomic mass is 10.0. The highest BCUT2D eigenvalue weighted by molar-refractivity contribution is 5.81. The van der Waals surface area contributed by atoms with Gasteiger partial charge in [-0.25, -0.2) is 0 Å². The summed E-state index contributed by atoms with van der Waals surface area (Å²) in [6.45, 7) is 7.17. The van der Waals surface area contributed by atoms with Crippen LogP contribution in [0.25, 0.3) is 0 Å². The van der Waals surface area contributed by atoms with Crippen LogP contribution in [0.3, 0.4) is 0 Å². The van der Waals surface area contributed by atoms with E-state index in [0.29, 0.717) is 5.92 Å². The molecule has 0 aliphatic carbocycles. The Morgan fingerprint density at radius 3 is 2.40 bits per heavy atom. The van der Waals surface area contributed by atoms with Crippen molar-refractivity contribution in [2.75, 3.05) is 13.6 Å². The van der Waals surface area contributed by atoms with E-state index in [4.69, 9.17) is 5.73 Å². The van der Waals surface area contributed by atoms with Crippen molar-refractivity contribution < 1.29 is 4.79 Å². The molecule has 0 fully saturated rings. The number of unbranched alkanes of at least 4 members (excludes halogenated alkanes) is 2. The van der Waals surface area contributed by atoms with Gasteiger partial charge in [0.05, 0.1) is 6.04 Å². The van der Waals surface area contributed by atoms with Gasteiger partial charge in [0.2, 0.25) is 5.91 Å². The molecule has 0 saturated heterocycles. The van der Waals surface area contributed by atoms with E-state index in [1.54, 1.807) is 4.90 Å². The van der Waals surface area contributed by atoms with Gasteiger partial charge in [-0.2, -0.15) is 0 Å². The third-order valence-electron chi connectivity index (χ3n) is 2.52. The first-order chi connectivity index (χ1) is 6.99. The summed E-state index contributed by atoms with van der Waals surface area (Å²) in [5.41, 5.74) is 5.83. The summed E-state index contributed by atoms with van der Waals surface area (Å²) in [5, 5.41) is 0. The van der Waals surface area contributed by atoms with Crippen LogP contribution in [0.4, 0.5) is 0 Å². The molecule has 0 radical (unpaired) electrons. The van der Waals surface area contributed by atoms with Crippen molar-refractivity contribution in [1.82, 2.24) is 4.90 Å². The summed E-state index contributed by atoms with van der Waals surface area (Å²) in [6.07, 6.45) is 4.21. The molecule has 0 aromatic heterocycles. The molecule has 0 aliphatic heterocycles. The summed E-state index contributed by atoms with van der Waals surface area (Å²) < 4.78 is 0. The monoisotopic (exact) mass is 214 g/mol. The smallest absolute Gasteiger partial charge is 0.239 e. The first-order valence-corrected chi connectivity index (χ1v) is 5.99. The number of carbonyl (C=O) groups is 1. The number of carbonyl (C=O) groups excluding carboxylic acids is 1. The van der Waals surface area contributed by atoms with Gasteiger partial charge in [0.15, 0.2) is 0 Å². The molecule has 1 amide bonds. The van der Waals surface area contributed by atoms with Crippen LogP contribution in [-0.4, -0.2) is 30.4 Å². The normalized spacial score (nSPS) is 12.9. The molecule has 3 heteroatoms. The Labute approximate surface area is 94.0 Å². The largest absolute Gasteiger partial charge is 0.344 e. The number of rotatable bonds is 7. The fraction of sp³-hybridized carbons (Fsp3) is 0.917. The minimum absolute atomic E-state index is 0.0832. The molecule has 2 N–H and O–H groups in total. The van der Waals surface area contributed by atoms with Crippen LogP contribution in [0.5, 0.6) is 0 Å². The number of hydrogen-bond acceptors (Lipinski definition) is 2. The maximum Gasteiger partial charge on any atom is 0.239 e. The van der Waals surface area contributed by atoms with Crippen molar-refractivity contribution in [1.29, 1.82) is 0 Å². The van der Waals surface area contributed by atoms with Gasteiger partial charge in [0.25, 0.3) is 0 Å². The van der Waals surface area contributed by atoms with Gasteiger partial charge in [-0.1, -0.05) is 33.6 Å². The Hall–Kier alpha value is -0.570. The van der Waals surface area contributed by atoms with Gasteiger partial charge in [-0.15, -0.1) is 0 Å². The lowest BCUT2D eigenvalue weighted by Crippen LogP contribution is -2.42. The number of likely N-dealkylation sites (N-methyl/N-ethyl adjacent to an activating group) is 1. The molecule has 0 spiro atoms. The van der Waals surface area contributed by atoms with E-state index in [1.807, 2.05) is 7.05 Å². The Kier molecular flexibility index (Phi) is 7.39. The van der Waals surface area contributed by atoms with Gasteiger partial charge < -0.3 is 10.6 Å². The molecule has 0 heterocycles. The second kappa shape index (κ2) is 7.69. The van der Waals surface area contributed by atoms with E-state index in [0.717, 1.165) is 19.4 Å². The second-order valence-corrected chi connectivity index (χ2v) is 4.70. The van der Waals surface area contributed by atoms with E-state index in [1.165, 1.54) is 12.8 Å². The first kappa shape index (κ1) is 14.4. The molecule has 0 rings (SSSR count). The van der Waals surface area contributed by atoms with Gasteiger partial charge >= 0.3 is 0 Å². The number of nitrogens with zero attached hydrogens (tertiary/aromatic N) is 1. The number of nitrogens with two attached hydrogens (primary N) is 1. The topological polar surface area (TPSA) is 46.3 Å². The predicted octanol–water partition coefficient (Wildman–Crippen LogP) is 2.01. The summed E-state index contributed by atoms with van der Waals surface area (Å²) in [6, 6.07) is -0.323. The highest BCUT2D eigenvalue weighted by atomic mass is 16.2. The molecule has 90 valence electrons. The Bertz CT molecular complexity index is 180. The molecule has 15 heavy (non-hydrogen) atoms. The maximum absolute atomic E-state index is 11.8. The van der Waals surface area contributed by atoms with Crippen LogP contribution in [0.2, 0.25) is 0 Å². The number of amides is 1. The summed E-state index contributed by atoms with van der Waals surface area (Å²) in [5.74, 6) is 0.563. The van der Waals surface area contributed by atoms with Crippen LogP contribution in [0.1, 0.15) is 46.5 Å². The average molecular weight is 214 g/mol. The van der Waals surface area contributed by atoms with Crippen molar-refractivity contribution >= 4 is 5.91 Å². The highest BCUT2D eigenvalue weighted by Gasteiger charge is 2.18. The van der Waals surface area contributed by atoms with Crippen LogP contribution in [0.15, 0.2) is 0 Å². The van der Waals surface area contributed by atoms with E-state index < -0.39 is 0 Å². The minimum atomic E-state index is -0.323. The third-order valence-corrected chi connectivity index (χ3v) is 2.52. The Balaban J connectivity index is 3.85. The fourth-order valence-corrected chi connectivity index (χ4v) is 1.60. The zero-order chi connectivity index (χ0) is 11.8. The first-order valence-electron chi connectivity index (χ1n) is 5.99. The molecule has 1 atom stereocenters. The molecule has 1 unspecified atom stereocenters. The molecule has 0 saturated carbocycles. The van der Waals surface area contributed by atoms with Crippen LogP contribution in [-0.2, 0) is 4.79 Å². The van der Waals surface area contributed by atoms with Crippen LogP contribution in [0, 0.1) is 5.92 Å². The fourth-order valence-electron chi connectivity index (χ4n) is 1.60. The highest BCUT2D eigenvalue weighted by Crippen LogP contribution is 2.06. The predicted molar refractivity (Wildman–Crippen MR) is 64.6 cm³/mol. The molecular weight excluding hydrogens is 188 g/mol. The van der Waals surface area contributed by atoms with Crippen molar-refractivity contribution in [3.8, 4) is 0 Å². The van der Waals surface area contributed by atoms with E-state index >= 15 is 0 Å². The van der Waals surface area contributed by atoms with Gasteiger partial charge in [0.1, 0.15) is 0 Å². The zero-order valence-corrected chi connectivity index (χ0v) is 10.6. The maximum atomic E-state index is 11.8. The lowest BCUT2D eigenvalue weighted by Gasteiger charge is -2.22. The average Bonchev–Trinajstić information content (AvgIpc) is 2.15. The Morgan fingerprint density at radius 1 is 1.33 bits per heavy atom. The molecule has 0 aromatic rings. The van der Waals surface area contributed by atoms with Crippen LogP contribution < -0.4 is 5.73 Å². The van der Waals surface area contributed by atoms with E-state index in [9.17, 15) is 4.79 Å². The standard InChI is InChI=1S/C12H26N2O/c1-5-6-7-8-14(4)12(15)11(13)9-10(2)3/h10-11H,5-9,13H2,1-4H3. The van der Waals surface area contributed by atoms with Gasteiger partial charge in [-0.3, -0.25) is 4.79 Å². The van der Waals surface area contributed by atoms with Crippen molar-refractivity contribution in [2.45, 2.75) is 52.5 Å². The summed E-state index contributed by atoms with van der Waals surface area (Å²) in [7, 11) is 1.85.